The summed E-state index contributed by atoms with van der Waals surface area (Å²) in [6.07, 6.45) is 2.65. The number of morpholine rings is 1. The Morgan fingerprint density at radius 2 is 1.30 bits per heavy atom. The Morgan fingerprint density at radius 1 is 0.739 bits per heavy atom. The molecule has 2 aliphatic rings. The first-order valence-electron chi connectivity index (χ1n) is 23.9. The quantitative estimate of drug-likeness (QED) is 0.0294. The fourth-order valence-electron chi connectivity index (χ4n) is 8.37. The predicted molar refractivity (Wildman–Crippen MR) is 260 cm³/mol. The Morgan fingerprint density at radius 3 is 1.90 bits per heavy atom. The lowest BCUT2D eigenvalue weighted by Gasteiger charge is -2.41. The SMILES string of the molecule is CC(=O)Oc1ccc(C[N+]2(CC(=O)N[C@@H](CCc3ccccc3)C(=O)N[C@@H](CC(C)C)C(=O)N[C@@H](Cc3ccccc3)C(=O)N[C@@H](CC(C)C)C(=O)[C@@]3(C)CO3)CCOCC2)cc1OC/C(N)=C/N. The molecule has 0 saturated carbocycles. The summed E-state index contributed by atoms with van der Waals surface area (Å²) >= 11 is 0. The average Bonchev–Trinajstić information content (AvgIpc) is 4.07. The van der Waals surface area contributed by atoms with E-state index in [1.165, 1.54) is 13.1 Å². The van der Waals surface area contributed by atoms with Crippen molar-refractivity contribution in [3.63, 3.8) is 0 Å². The minimum atomic E-state index is -1.09. The van der Waals surface area contributed by atoms with Crippen LogP contribution in [0, 0.1) is 11.8 Å². The first-order chi connectivity index (χ1) is 32.9. The molecule has 2 saturated heterocycles. The molecule has 69 heavy (non-hydrogen) atoms. The number of carbonyl (C=O) groups excluding carboxylic acids is 6. The molecule has 17 nitrogen and oxygen atoms in total. The number of esters is 1. The van der Waals surface area contributed by atoms with Crippen LogP contribution in [-0.2, 0) is 57.6 Å². The number of hydrogen-bond acceptors (Lipinski definition) is 12. The third kappa shape index (κ3) is 17.0. The van der Waals surface area contributed by atoms with Gasteiger partial charge in [-0.05, 0) is 73.8 Å². The molecule has 0 aliphatic carbocycles. The molecule has 0 spiro atoms. The number of nitrogens with two attached hydrogens (primary N) is 2. The van der Waals surface area contributed by atoms with Gasteiger partial charge in [-0.2, -0.15) is 0 Å². The largest absolute Gasteiger partial charge is 0.483 e. The zero-order valence-electron chi connectivity index (χ0n) is 40.9. The standard InChI is InChI=1S/C52H71N7O10/c1-34(2)25-42(48(62)52(6)33-68-52)56-51(65)44(27-38-15-11-8-12-16-38)58-50(64)43(26-35(3)4)57-49(63)41(19-17-37-13-9-7-10-14-37)55-47(61)31-59(21-23-66-24-22-59)30-39-18-20-45(69-36(5)60)46(28-39)67-32-40(54)29-53/h7-16,18,20,28-29,34-35,41-44H,17,19,21-27,30-33,53-54H2,1-6H3,(H3-,55,56,57,58,61,63,64,65)/p+1/b40-29-/t41-,42-,43-,44-,52+/m0/s1. The van der Waals surface area contributed by atoms with E-state index in [1.807, 2.05) is 88.4 Å². The van der Waals surface area contributed by atoms with Crippen molar-refractivity contribution in [3.05, 3.63) is 107 Å². The van der Waals surface area contributed by atoms with Crippen LogP contribution in [0.15, 0.2) is 90.8 Å². The number of rotatable bonds is 26. The fourth-order valence-corrected chi connectivity index (χ4v) is 8.37. The smallest absolute Gasteiger partial charge is 0.308 e. The number of nitrogens with zero attached hydrogens (tertiary/aromatic N) is 1. The van der Waals surface area contributed by atoms with Gasteiger partial charge in [0.05, 0.1) is 31.6 Å². The van der Waals surface area contributed by atoms with Crippen LogP contribution in [0.25, 0.3) is 0 Å². The molecule has 374 valence electrons. The summed E-state index contributed by atoms with van der Waals surface area (Å²) in [7, 11) is 0. The molecule has 0 radical (unpaired) electrons. The highest BCUT2D eigenvalue weighted by atomic mass is 16.6. The van der Waals surface area contributed by atoms with Gasteiger partial charge in [-0.3, -0.25) is 28.8 Å². The van der Waals surface area contributed by atoms with Crippen molar-refractivity contribution in [2.24, 2.45) is 23.3 Å². The summed E-state index contributed by atoms with van der Waals surface area (Å²) in [6.45, 7) is 13.2. The van der Waals surface area contributed by atoms with E-state index in [0.717, 1.165) is 16.7 Å². The average molecular weight is 955 g/mol. The maximum absolute atomic E-state index is 14.5. The molecule has 2 fully saturated rings. The zero-order chi connectivity index (χ0) is 50.1. The summed E-state index contributed by atoms with van der Waals surface area (Å²) in [6, 6.07) is 20.0. The molecule has 3 aromatic rings. The van der Waals surface area contributed by atoms with Gasteiger partial charge in [-0.15, -0.1) is 0 Å². The van der Waals surface area contributed by atoms with Crippen molar-refractivity contribution in [3.8, 4) is 11.5 Å². The summed E-state index contributed by atoms with van der Waals surface area (Å²) < 4.78 is 22.7. The number of benzene rings is 3. The van der Waals surface area contributed by atoms with Crippen molar-refractivity contribution >= 4 is 35.4 Å². The number of quaternary nitrogens is 1. The molecule has 0 aromatic heterocycles. The van der Waals surface area contributed by atoms with Crippen LogP contribution < -0.4 is 42.2 Å². The van der Waals surface area contributed by atoms with E-state index in [4.69, 9.17) is 30.4 Å². The first kappa shape index (κ1) is 53.7. The van der Waals surface area contributed by atoms with E-state index in [-0.39, 0.29) is 84.2 Å². The van der Waals surface area contributed by atoms with Crippen molar-refractivity contribution in [2.45, 2.75) is 110 Å². The van der Waals surface area contributed by atoms with Crippen molar-refractivity contribution < 1.29 is 52.2 Å². The molecule has 2 aliphatic heterocycles. The second-order valence-electron chi connectivity index (χ2n) is 19.3. The van der Waals surface area contributed by atoms with Crippen LogP contribution in [0.3, 0.4) is 0 Å². The van der Waals surface area contributed by atoms with Crippen molar-refractivity contribution in [1.29, 1.82) is 0 Å². The second kappa shape index (κ2) is 25.3. The monoisotopic (exact) mass is 955 g/mol. The topological polar surface area (TPSA) is 243 Å². The van der Waals surface area contributed by atoms with Gasteiger partial charge in [0.15, 0.2) is 23.8 Å². The number of Topliss-reactive ketones (excluding diaryl/α,β-unsaturated/α-hetero) is 1. The van der Waals surface area contributed by atoms with Gasteiger partial charge in [0.1, 0.15) is 50.0 Å². The minimum Gasteiger partial charge on any atom is -0.483 e. The third-order valence-corrected chi connectivity index (χ3v) is 12.2. The summed E-state index contributed by atoms with van der Waals surface area (Å²) in [5.74, 6) is -2.28. The van der Waals surface area contributed by atoms with Gasteiger partial charge in [0, 0.05) is 25.1 Å². The third-order valence-electron chi connectivity index (χ3n) is 12.2. The number of ketones is 1. The van der Waals surface area contributed by atoms with Gasteiger partial charge in [-0.25, -0.2) is 0 Å². The number of carbonyl (C=O) groups is 6. The van der Waals surface area contributed by atoms with Gasteiger partial charge >= 0.3 is 5.97 Å². The lowest BCUT2D eigenvalue weighted by molar-refractivity contribution is -0.940. The Kier molecular flexibility index (Phi) is 19.7. The predicted octanol–water partition coefficient (Wildman–Crippen LogP) is 3.36. The van der Waals surface area contributed by atoms with Crippen LogP contribution in [0.4, 0.5) is 0 Å². The number of hydrogen-bond donors (Lipinski definition) is 6. The van der Waals surface area contributed by atoms with E-state index >= 15 is 0 Å². The highest BCUT2D eigenvalue weighted by molar-refractivity contribution is 5.99. The summed E-state index contributed by atoms with van der Waals surface area (Å²) in [5.41, 5.74) is 13.3. The fraction of sp³-hybridized carbons (Fsp3) is 0.500. The van der Waals surface area contributed by atoms with Crippen LogP contribution >= 0.6 is 0 Å². The highest BCUT2D eigenvalue weighted by Crippen LogP contribution is 2.32. The van der Waals surface area contributed by atoms with E-state index < -0.39 is 53.5 Å². The molecule has 5 rings (SSSR count). The molecule has 0 unspecified atom stereocenters. The van der Waals surface area contributed by atoms with Gasteiger partial charge in [-0.1, -0.05) is 88.4 Å². The number of aryl methyl sites for hydroxylation is 1. The van der Waals surface area contributed by atoms with E-state index in [1.54, 1.807) is 25.1 Å². The van der Waals surface area contributed by atoms with E-state index in [2.05, 4.69) is 21.3 Å². The second-order valence-corrected chi connectivity index (χ2v) is 19.3. The maximum Gasteiger partial charge on any atom is 0.308 e. The van der Waals surface area contributed by atoms with Crippen LogP contribution in [0.2, 0.25) is 0 Å². The molecule has 3 aromatic carbocycles. The molecule has 2 heterocycles. The zero-order valence-corrected chi connectivity index (χ0v) is 40.9. The number of nitrogens with one attached hydrogen (secondary N) is 4. The molecule has 5 atom stereocenters. The number of ether oxygens (including phenoxy) is 4. The van der Waals surface area contributed by atoms with Crippen molar-refractivity contribution in [1.82, 2.24) is 21.3 Å². The van der Waals surface area contributed by atoms with E-state index in [9.17, 15) is 28.8 Å². The Balaban J connectivity index is 1.37. The summed E-state index contributed by atoms with van der Waals surface area (Å²) in [5, 5.41) is 11.8. The Bertz CT molecular complexity index is 2240. The lowest BCUT2D eigenvalue weighted by atomic mass is 9.93. The Labute approximate surface area is 406 Å². The van der Waals surface area contributed by atoms with Gasteiger partial charge in [0.2, 0.25) is 17.7 Å². The molecular formula is C52H72N7O10+. The van der Waals surface area contributed by atoms with Crippen molar-refractivity contribution in [2.75, 3.05) is 46.1 Å². The Hall–Kier alpha value is -6.30. The van der Waals surface area contributed by atoms with Crippen LogP contribution in [0.1, 0.15) is 77.5 Å². The van der Waals surface area contributed by atoms with Gasteiger partial charge in [0.25, 0.3) is 5.91 Å². The number of epoxide rings is 1. The van der Waals surface area contributed by atoms with Gasteiger partial charge < -0.3 is 56.2 Å². The van der Waals surface area contributed by atoms with E-state index in [0.29, 0.717) is 45.7 Å². The maximum atomic E-state index is 14.5. The first-order valence-corrected chi connectivity index (χ1v) is 23.9. The normalized spacial score (nSPS) is 18.2. The minimum absolute atomic E-state index is 0.000985. The highest BCUT2D eigenvalue weighted by Gasteiger charge is 2.50. The molecule has 0 bridgehead atoms. The van der Waals surface area contributed by atoms with Crippen LogP contribution in [0.5, 0.6) is 11.5 Å². The lowest BCUT2D eigenvalue weighted by Crippen LogP contribution is -2.61. The number of amides is 4. The molecule has 4 amide bonds. The summed E-state index contributed by atoms with van der Waals surface area (Å²) in [4.78, 5) is 82.9. The van der Waals surface area contributed by atoms with Crippen LogP contribution in [-0.4, -0.2) is 116 Å². The molecule has 17 heteroatoms. The molecular weight excluding hydrogens is 883 g/mol. The molecule has 8 N–H and O–H groups in total.